The van der Waals surface area contributed by atoms with E-state index in [9.17, 15) is 9.59 Å². The zero-order valence-electron chi connectivity index (χ0n) is 14.1. The normalized spacial score (nSPS) is 11.0. The number of hydrogen-bond acceptors (Lipinski definition) is 3. The molecule has 0 heterocycles. The summed E-state index contributed by atoms with van der Waals surface area (Å²) in [5, 5.41) is 5.52. The fourth-order valence-corrected chi connectivity index (χ4v) is 1.92. The lowest BCUT2D eigenvalue weighted by atomic mass is 10.1. The minimum Gasteiger partial charge on any atom is -0.444 e. The zero-order chi connectivity index (χ0) is 16.8. The van der Waals surface area contributed by atoms with Gasteiger partial charge < -0.3 is 15.4 Å². The lowest BCUT2D eigenvalue weighted by molar-refractivity contribution is -0.116. The molecular weight excluding hydrogens is 280 g/mol. The van der Waals surface area contributed by atoms with Gasteiger partial charge in [0.05, 0.1) is 0 Å². The number of hydrogen-bond donors (Lipinski definition) is 2. The largest absolute Gasteiger partial charge is 0.444 e. The van der Waals surface area contributed by atoms with Crippen LogP contribution in [0.25, 0.3) is 0 Å². The van der Waals surface area contributed by atoms with Gasteiger partial charge in [-0.1, -0.05) is 17.7 Å². The molecule has 0 spiro atoms. The van der Waals surface area contributed by atoms with Crippen molar-refractivity contribution in [2.45, 2.75) is 53.1 Å². The van der Waals surface area contributed by atoms with Crippen LogP contribution in [0.15, 0.2) is 18.2 Å². The third-order valence-electron chi connectivity index (χ3n) is 2.90. The molecule has 0 radical (unpaired) electrons. The van der Waals surface area contributed by atoms with Gasteiger partial charge in [0, 0.05) is 18.7 Å². The van der Waals surface area contributed by atoms with E-state index < -0.39 is 11.7 Å². The van der Waals surface area contributed by atoms with E-state index in [1.807, 2.05) is 52.8 Å². The van der Waals surface area contributed by atoms with E-state index in [4.69, 9.17) is 4.74 Å². The number of amides is 2. The molecule has 0 unspecified atom stereocenters. The molecular formula is C17H26N2O3. The smallest absolute Gasteiger partial charge is 0.407 e. The Hall–Kier alpha value is -2.04. The molecule has 0 fully saturated rings. The summed E-state index contributed by atoms with van der Waals surface area (Å²) in [7, 11) is 0. The Kier molecular flexibility index (Phi) is 6.40. The van der Waals surface area contributed by atoms with Crippen LogP contribution in [0.1, 0.15) is 44.7 Å². The van der Waals surface area contributed by atoms with Crippen molar-refractivity contribution in [2.75, 3.05) is 11.9 Å². The molecule has 2 amide bonds. The van der Waals surface area contributed by atoms with Gasteiger partial charge in [-0.25, -0.2) is 4.79 Å². The van der Waals surface area contributed by atoms with E-state index in [2.05, 4.69) is 10.6 Å². The second kappa shape index (κ2) is 7.82. The lowest BCUT2D eigenvalue weighted by Gasteiger charge is -2.19. The molecule has 0 aliphatic carbocycles. The highest BCUT2D eigenvalue weighted by molar-refractivity contribution is 5.91. The van der Waals surface area contributed by atoms with Gasteiger partial charge in [0.2, 0.25) is 5.91 Å². The van der Waals surface area contributed by atoms with Crippen molar-refractivity contribution in [3.05, 3.63) is 29.3 Å². The van der Waals surface area contributed by atoms with Crippen molar-refractivity contribution < 1.29 is 14.3 Å². The molecule has 0 atom stereocenters. The molecule has 5 nitrogen and oxygen atoms in total. The highest BCUT2D eigenvalue weighted by atomic mass is 16.6. The summed E-state index contributed by atoms with van der Waals surface area (Å²) in [6, 6.07) is 5.90. The number of rotatable bonds is 5. The molecule has 1 aromatic rings. The molecule has 122 valence electrons. The summed E-state index contributed by atoms with van der Waals surface area (Å²) in [4.78, 5) is 23.3. The second-order valence-electron chi connectivity index (χ2n) is 6.40. The molecule has 22 heavy (non-hydrogen) atoms. The second-order valence-corrected chi connectivity index (χ2v) is 6.40. The number of benzene rings is 1. The predicted octanol–water partition coefficient (Wildman–Crippen LogP) is 3.55. The Morgan fingerprint density at radius 1 is 1.18 bits per heavy atom. The van der Waals surface area contributed by atoms with Gasteiger partial charge in [0.15, 0.2) is 0 Å². The number of alkyl carbamates (subject to hydrolysis) is 1. The summed E-state index contributed by atoms with van der Waals surface area (Å²) in [6.45, 7) is 9.82. The molecule has 1 rings (SSSR count). The monoisotopic (exact) mass is 306 g/mol. The van der Waals surface area contributed by atoms with Crippen LogP contribution >= 0.6 is 0 Å². The van der Waals surface area contributed by atoms with Crippen LogP contribution < -0.4 is 10.6 Å². The highest BCUT2D eigenvalue weighted by Crippen LogP contribution is 2.16. The molecule has 0 aromatic heterocycles. The van der Waals surface area contributed by atoms with Crippen LogP contribution in [-0.4, -0.2) is 24.1 Å². The maximum atomic E-state index is 11.9. The average Bonchev–Trinajstić information content (AvgIpc) is 2.36. The van der Waals surface area contributed by atoms with Gasteiger partial charge in [0.1, 0.15) is 5.60 Å². The van der Waals surface area contributed by atoms with Crippen LogP contribution in [0, 0.1) is 13.8 Å². The summed E-state index contributed by atoms with van der Waals surface area (Å²) in [5.41, 5.74) is 2.53. The first kappa shape index (κ1) is 18.0. The summed E-state index contributed by atoms with van der Waals surface area (Å²) in [6.07, 6.45) is 0.460. The molecule has 2 N–H and O–H groups in total. The van der Waals surface area contributed by atoms with Crippen LogP contribution in [0.4, 0.5) is 10.5 Å². The first-order chi connectivity index (χ1) is 10.2. The molecule has 5 heteroatoms. The average molecular weight is 306 g/mol. The van der Waals surface area contributed by atoms with E-state index in [1.165, 1.54) is 0 Å². The van der Waals surface area contributed by atoms with E-state index in [0.717, 1.165) is 16.8 Å². The summed E-state index contributed by atoms with van der Waals surface area (Å²) >= 11 is 0. The van der Waals surface area contributed by atoms with Gasteiger partial charge in [-0.2, -0.15) is 0 Å². The van der Waals surface area contributed by atoms with Crippen molar-refractivity contribution >= 4 is 17.7 Å². The number of nitrogens with one attached hydrogen (secondary N) is 2. The molecule has 0 saturated heterocycles. The van der Waals surface area contributed by atoms with Crippen molar-refractivity contribution in [3.8, 4) is 0 Å². The van der Waals surface area contributed by atoms with Gasteiger partial charge >= 0.3 is 6.09 Å². The molecule has 1 aromatic carbocycles. The van der Waals surface area contributed by atoms with Crippen molar-refractivity contribution in [1.82, 2.24) is 5.32 Å². The Morgan fingerprint density at radius 3 is 2.45 bits per heavy atom. The maximum absolute atomic E-state index is 11.9. The van der Waals surface area contributed by atoms with Crippen LogP contribution in [0.3, 0.4) is 0 Å². The van der Waals surface area contributed by atoms with E-state index in [-0.39, 0.29) is 5.91 Å². The predicted molar refractivity (Wildman–Crippen MR) is 88.0 cm³/mol. The van der Waals surface area contributed by atoms with Gasteiger partial charge in [-0.3, -0.25) is 4.79 Å². The topological polar surface area (TPSA) is 67.4 Å². The Morgan fingerprint density at radius 2 is 1.86 bits per heavy atom. The van der Waals surface area contributed by atoms with Crippen LogP contribution in [0.5, 0.6) is 0 Å². The molecule has 0 aliphatic rings. The Bertz CT molecular complexity index is 533. The van der Waals surface area contributed by atoms with Crippen LogP contribution in [-0.2, 0) is 9.53 Å². The number of ether oxygens (including phenoxy) is 1. The first-order valence-electron chi connectivity index (χ1n) is 7.51. The number of carbonyl (C=O) groups excluding carboxylic acids is 2. The number of carbonyl (C=O) groups is 2. The molecule has 0 aliphatic heterocycles. The van der Waals surface area contributed by atoms with E-state index in [1.54, 1.807) is 0 Å². The third kappa shape index (κ3) is 7.11. The fraction of sp³-hybridized carbons (Fsp3) is 0.529. The zero-order valence-corrected chi connectivity index (χ0v) is 14.1. The van der Waals surface area contributed by atoms with Crippen molar-refractivity contribution in [3.63, 3.8) is 0 Å². The summed E-state index contributed by atoms with van der Waals surface area (Å²) in [5.74, 6) is -0.0575. The SMILES string of the molecule is Cc1ccc(NC(=O)CCCNC(=O)OC(C)(C)C)c(C)c1. The minimum absolute atomic E-state index is 0.0575. The standard InChI is InChI=1S/C17H26N2O3/c1-12-8-9-14(13(2)11-12)19-15(20)7-6-10-18-16(21)22-17(3,4)5/h8-9,11H,6-7,10H2,1-5H3,(H,18,21)(H,19,20). The first-order valence-corrected chi connectivity index (χ1v) is 7.51. The highest BCUT2D eigenvalue weighted by Gasteiger charge is 2.15. The minimum atomic E-state index is -0.509. The van der Waals surface area contributed by atoms with Crippen molar-refractivity contribution in [1.29, 1.82) is 0 Å². The molecule has 0 bridgehead atoms. The van der Waals surface area contributed by atoms with Crippen LogP contribution in [0.2, 0.25) is 0 Å². The van der Waals surface area contributed by atoms with E-state index >= 15 is 0 Å². The van der Waals surface area contributed by atoms with Gasteiger partial charge in [-0.05, 0) is 52.7 Å². The van der Waals surface area contributed by atoms with Crippen molar-refractivity contribution in [2.24, 2.45) is 0 Å². The Labute approximate surface area is 132 Å². The van der Waals surface area contributed by atoms with Gasteiger partial charge in [0.25, 0.3) is 0 Å². The lowest BCUT2D eigenvalue weighted by Crippen LogP contribution is -2.33. The Balaban J connectivity index is 2.28. The maximum Gasteiger partial charge on any atom is 0.407 e. The number of aryl methyl sites for hydroxylation is 2. The quantitative estimate of drug-likeness (QED) is 0.818. The summed E-state index contributed by atoms with van der Waals surface area (Å²) < 4.78 is 5.12. The van der Waals surface area contributed by atoms with Gasteiger partial charge in [-0.15, -0.1) is 0 Å². The van der Waals surface area contributed by atoms with E-state index in [0.29, 0.717) is 19.4 Å². The molecule has 0 saturated carbocycles. The third-order valence-corrected chi connectivity index (χ3v) is 2.90. The fourth-order valence-electron chi connectivity index (χ4n) is 1.92. The number of anilines is 1.